The third-order valence-corrected chi connectivity index (χ3v) is 3.62. The van der Waals surface area contributed by atoms with Crippen molar-refractivity contribution < 1.29 is 0 Å². The van der Waals surface area contributed by atoms with Crippen molar-refractivity contribution in [2.24, 2.45) is 5.84 Å². The minimum atomic E-state index is 0.144. The number of rotatable bonds is 5. The topological polar surface area (TPSA) is 63.8 Å². The normalized spacial score (nSPS) is 12.4. The molecule has 2 heterocycles. The number of hydrazine groups is 1. The third-order valence-electron chi connectivity index (χ3n) is 3.62. The molecular formula is C17H18N4. The van der Waals surface area contributed by atoms with E-state index in [1.165, 1.54) is 10.9 Å². The summed E-state index contributed by atoms with van der Waals surface area (Å²) in [5.41, 5.74) is 6.21. The van der Waals surface area contributed by atoms with Crippen molar-refractivity contribution >= 4 is 10.9 Å². The summed E-state index contributed by atoms with van der Waals surface area (Å²) in [6.07, 6.45) is 5.31. The molecule has 0 saturated carbocycles. The van der Waals surface area contributed by atoms with Gasteiger partial charge in [0.1, 0.15) is 0 Å². The number of nitrogens with one attached hydrogen (secondary N) is 1. The standard InChI is InChI=1S/C17H18N4/c18-21-15(12-14-5-3-4-9-19-14)11-13-8-10-20-17-7-2-1-6-16(13)17/h1-10,15,21H,11-12,18H2. The maximum Gasteiger partial charge on any atom is 0.0704 e. The van der Waals surface area contributed by atoms with E-state index in [-0.39, 0.29) is 6.04 Å². The van der Waals surface area contributed by atoms with Gasteiger partial charge < -0.3 is 0 Å². The maximum absolute atomic E-state index is 5.72. The Morgan fingerprint density at radius 1 is 0.905 bits per heavy atom. The molecule has 4 nitrogen and oxygen atoms in total. The first-order chi connectivity index (χ1) is 10.4. The third kappa shape index (κ3) is 3.24. The highest BCUT2D eigenvalue weighted by atomic mass is 15.2. The van der Waals surface area contributed by atoms with Gasteiger partial charge in [0, 0.05) is 35.9 Å². The Hall–Kier alpha value is -2.30. The summed E-state index contributed by atoms with van der Waals surface area (Å²) in [5, 5.41) is 1.18. The molecule has 0 aliphatic heterocycles. The van der Waals surface area contributed by atoms with Crippen LogP contribution in [0.4, 0.5) is 0 Å². The predicted molar refractivity (Wildman–Crippen MR) is 84.5 cm³/mol. The first-order valence-electron chi connectivity index (χ1n) is 7.05. The van der Waals surface area contributed by atoms with Crippen LogP contribution in [0.25, 0.3) is 10.9 Å². The molecule has 1 aromatic carbocycles. The molecule has 0 amide bonds. The van der Waals surface area contributed by atoms with Gasteiger partial charge in [0.25, 0.3) is 0 Å². The number of hydrogen-bond acceptors (Lipinski definition) is 4. The number of fused-ring (bicyclic) bond motifs is 1. The molecule has 21 heavy (non-hydrogen) atoms. The average molecular weight is 278 g/mol. The minimum absolute atomic E-state index is 0.144. The van der Waals surface area contributed by atoms with Crippen LogP contribution in [0, 0.1) is 0 Å². The van der Waals surface area contributed by atoms with Crippen LogP contribution in [0.1, 0.15) is 11.3 Å². The lowest BCUT2D eigenvalue weighted by molar-refractivity contribution is 0.518. The number of aromatic nitrogens is 2. The molecule has 0 saturated heterocycles. The fourth-order valence-corrected chi connectivity index (χ4v) is 2.56. The summed E-state index contributed by atoms with van der Waals surface area (Å²) in [6, 6.07) is 16.3. The molecule has 4 heteroatoms. The van der Waals surface area contributed by atoms with E-state index >= 15 is 0 Å². The monoisotopic (exact) mass is 278 g/mol. The molecule has 0 bridgehead atoms. The summed E-state index contributed by atoms with van der Waals surface area (Å²) in [5.74, 6) is 5.72. The van der Waals surface area contributed by atoms with E-state index in [0.717, 1.165) is 24.1 Å². The van der Waals surface area contributed by atoms with E-state index in [4.69, 9.17) is 5.84 Å². The van der Waals surface area contributed by atoms with Gasteiger partial charge in [-0.2, -0.15) is 0 Å². The van der Waals surface area contributed by atoms with E-state index in [1.54, 1.807) is 0 Å². The second-order valence-corrected chi connectivity index (χ2v) is 5.08. The second-order valence-electron chi connectivity index (χ2n) is 5.08. The lowest BCUT2D eigenvalue weighted by Gasteiger charge is -2.16. The van der Waals surface area contributed by atoms with Crippen LogP contribution in [0.2, 0.25) is 0 Å². The molecule has 0 aliphatic carbocycles. The molecule has 0 spiro atoms. The van der Waals surface area contributed by atoms with Crippen LogP contribution in [0.15, 0.2) is 60.9 Å². The fourth-order valence-electron chi connectivity index (χ4n) is 2.56. The molecule has 3 N–H and O–H groups in total. The Balaban J connectivity index is 1.82. The number of pyridine rings is 2. The van der Waals surface area contributed by atoms with Gasteiger partial charge in [-0.25, -0.2) is 0 Å². The number of nitrogens with zero attached hydrogens (tertiary/aromatic N) is 2. The highest BCUT2D eigenvalue weighted by Crippen LogP contribution is 2.18. The predicted octanol–water partition coefficient (Wildman–Crippen LogP) is 2.25. The van der Waals surface area contributed by atoms with Gasteiger partial charge in [0.05, 0.1) is 5.52 Å². The summed E-state index contributed by atoms with van der Waals surface area (Å²) in [4.78, 5) is 8.76. The Morgan fingerprint density at radius 3 is 2.57 bits per heavy atom. The molecule has 106 valence electrons. The maximum atomic E-state index is 5.72. The SMILES string of the molecule is NNC(Cc1ccccn1)Cc1ccnc2ccccc12. The van der Waals surface area contributed by atoms with Gasteiger partial charge in [-0.15, -0.1) is 0 Å². The van der Waals surface area contributed by atoms with Gasteiger partial charge in [0.15, 0.2) is 0 Å². The van der Waals surface area contributed by atoms with Crippen molar-refractivity contribution in [2.45, 2.75) is 18.9 Å². The van der Waals surface area contributed by atoms with Gasteiger partial charge in [-0.3, -0.25) is 21.2 Å². The summed E-state index contributed by atoms with van der Waals surface area (Å²) >= 11 is 0. The number of hydrogen-bond donors (Lipinski definition) is 2. The van der Waals surface area contributed by atoms with Crippen LogP contribution < -0.4 is 11.3 Å². The molecule has 0 fully saturated rings. The van der Waals surface area contributed by atoms with Gasteiger partial charge in [-0.1, -0.05) is 24.3 Å². The quantitative estimate of drug-likeness (QED) is 0.555. The molecule has 0 aliphatic rings. The molecule has 1 atom stereocenters. The van der Waals surface area contributed by atoms with Crippen LogP contribution in [0.3, 0.4) is 0 Å². The highest BCUT2D eigenvalue weighted by Gasteiger charge is 2.11. The number of benzene rings is 1. The highest BCUT2D eigenvalue weighted by molar-refractivity contribution is 5.81. The van der Waals surface area contributed by atoms with Crippen LogP contribution in [0.5, 0.6) is 0 Å². The Kier molecular flexibility index (Phi) is 4.19. The van der Waals surface area contributed by atoms with E-state index in [0.29, 0.717) is 0 Å². The summed E-state index contributed by atoms with van der Waals surface area (Å²) < 4.78 is 0. The molecule has 3 rings (SSSR count). The molecular weight excluding hydrogens is 260 g/mol. The minimum Gasteiger partial charge on any atom is -0.271 e. The van der Waals surface area contributed by atoms with Crippen LogP contribution in [-0.4, -0.2) is 16.0 Å². The Morgan fingerprint density at radius 2 is 1.76 bits per heavy atom. The Bertz CT molecular complexity index is 707. The smallest absolute Gasteiger partial charge is 0.0704 e. The van der Waals surface area contributed by atoms with Crippen molar-refractivity contribution in [2.75, 3.05) is 0 Å². The van der Waals surface area contributed by atoms with Crippen molar-refractivity contribution in [1.29, 1.82) is 0 Å². The fraction of sp³-hybridized carbons (Fsp3) is 0.176. The number of nitrogens with two attached hydrogens (primary N) is 1. The van der Waals surface area contributed by atoms with E-state index in [1.807, 2.05) is 48.8 Å². The summed E-state index contributed by atoms with van der Waals surface area (Å²) in [7, 11) is 0. The van der Waals surface area contributed by atoms with E-state index in [9.17, 15) is 0 Å². The van der Waals surface area contributed by atoms with E-state index < -0.39 is 0 Å². The largest absolute Gasteiger partial charge is 0.271 e. The zero-order chi connectivity index (χ0) is 14.5. The van der Waals surface area contributed by atoms with Gasteiger partial charge in [0.2, 0.25) is 0 Å². The van der Waals surface area contributed by atoms with E-state index in [2.05, 4.69) is 27.5 Å². The average Bonchev–Trinajstić information content (AvgIpc) is 2.55. The molecule has 0 radical (unpaired) electrons. The van der Waals surface area contributed by atoms with Crippen molar-refractivity contribution in [3.63, 3.8) is 0 Å². The lowest BCUT2D eigenvalue weighted by atomic mass is 9.99. The van der Waals surface area contributed by atoms with Gasteiger partial charge >= 0.3 is 0 Å². The first-order valence-corrected chi connectivity index (χ1v) is 7.05. The van der Waals surface area contributed by atoms with Crippen molar-refractivity contribution in [1.82, 2.24) is 15.4 Å². The van der Waals surface area contributed by atoms with Crippen molar-refractivity contribution in [3.8, 4) is 0 Å². The zero-order valence-electron chi connectivity index (χ0n) is 11.7. The Labute approximate surface area is 124 Å². The molecule has 2 aromatic heterocycles. The second kappa shape index (κ2) is 6.43. The zero-order valence-corrected chi connectivity index (χ0v) is 11.7. The van der Waals surface area contributed by atoms with Crippen molar-refractivity contribution in [3.05, 3.63) is 72.2 Å². The lowest BCUT2D eigenvalue weighted by Crippen LogP contribution is -2.38. The van der Waals surface area contributed by atoms with Crippen LogP contribution in [-0.2, 0) is 12.8 Å². The van der Waals surface area contributed by atoms with Crippen LogP contribution >= 0.6 is 0 Å². The number of para-hydroxylation sites is 1. The molecule has 3 aromatic rings. The van der Waals surface area contributed by atoms with Gasteiger partial charge in [-0.05, 0) is 36.2 Å². The summed E-state index contributed by atoms with van der Waals surface area (Å²) in [6.45, 7) is 0. The first kappa shape index (κ1) is 13.7. The molecule has 1 unspecified atom stereocenters.